The van der Waals surface area contributed by atoms with Crippen molar-refractivity contribution < 1.29 is 127 Å². The second-order valence-electron chi connectivity index (χ2n) is 17.4. The number of esters is 9. The number of ether oxygens (including phenoxy) is 8. The average Bonchev–Trinajstić information content (AvgIpc) is 3.78. The maximum Gasteiger partial charge on any atom is 0 e. The van der Waals surface area contributed by atoms with E-state index in [-0.39, 0.29) is 149 Å². The molecular weight excluding hydrogens is 1060 g/mol. The van der Waals surface area contributed by atoms with Crippen LogP contribution in [0.2, 0.25) is 0 Å². The van der Waals surface area contributed by atoms with E-state index in [2.05, 4.69) is 26.0 Å². The van der Waals surface area contributed by atoms with E-state index in [1.54, 1.807) is 20.8 Å². The Morgan fingerprint density at radius 1 is 0.570 bits per heavy atom. The number of carbonyl (C=O) groups is 10. The predicted octanol–water partition coefficient (Wildman–Crippen LogP) is -6.84. The Bertz CT molecular complexity index is 1900. The van der Waals surface area contributed by atoms with Gasteiger partial charge in [0.25, 0.3) is 0 Å². The maximum absolute atomic E-state index is 11.4. The molecule has 0 radical (unpaired) electrons. The Labute approximate surface area is 458 Å². The summed E-state index contributed by atoms with van der Waals surface area (Å²) in [5.74, 6) is -7.31. The largest absolute Gasteiger partial charge is 0 e. The summed E-state index contributed by atoms with van der Waals surface area (Å²) in [7, 11) is 2.66. The third-order valence-electron chi connectivity index (χ3n) is 10.1. The standard InChI is InChI=1S/C9H16BNO6.C9H14BNO5.C8H13BN2O5.C8H13NO4.C5H6O3.C4H10BNO3.H2/c1-6(9(14)15)2-8(13)17-4-7(3-12)11-5-10-16;1-6-2-8(12)15-3-7(11-5-10-14)4-16-9(6)13;10-6-1-7(12)15-2-5(11-4-9-14)3-16-8(6)13;1-5-2-7(10)12-3-6(9)4-13-8(5)11;1-3-2-4(6)8-5(3)7;7-1-4(2-8)6-3-5-9;/h6-7,11-12H,2-5H2,1H3,(H,14,15);6-7,11H,2-5H2,1H3;5-6,11H,1-4,10H2;5-6H,2-4,9H2,1H3;3H,2H2,1H3;4,6-8H,1-3H2;1H. The van der Waals surface area contributed by atoms with Crippen molar-refractivity contribution >= 4 is 88.3 Å². The van der Waals surface area contributed by atoms with Crippen molar-refractivity contribution in [2.75, 3.05) is 91.8 Å². The van der Waals surface area contributed by atoms with Gasteiger partial charge in [-0.1, -0.05) is 13.8 Å². The van der Waals surface area contributed by atoms with Gasteiger partial charge in [0.15, 0.2) is 0 Å². The van der Waals surface area contributed by atoms with Crippen molar-refractivity contribution in [3.63, 3.8) is 0 Å². The number of nitrogens with one attached hydrogen (secondary N) is 4. The van der Waals surface area contributed by atoms with Gasteiger partial charge in [0, 0.05) is 1.43 Å². The number of carboxylic acid groups (broad SMARTS) is 1. The van der Waals surface area contributed by atoms with Crippen molar-refractivity contribution in [2.45, 2.75) is 96.1 Å². The molecule has 4 saturated heterocycles. The summed E-state index contributed by atoms with van der Waals surface area (Å²) < 4.78 is 78.4. The number of carbonyl (C=O) groups excluding carboxylic acids is 9. The first-order valence-electron chi connectivity index (χ1n) is 24.5. The second-order valence-corrected chi connectivity index (χ2v) is 17.4. The van der Waals surface area contributed by atoms with Crippen molar-refractivity contribution in [3.05, 3.63) is 0 Å². The molecular formula is C43H74B4N6O26. The molecule has 0 aliphatic carbocycles. The maximum atomic E-state index is 11.4. The van der Waals surface area contributed by atoms with Crippen LogP contribution in [0, 0.1) is 23.7 Å². The summed E-state index contributed by atoms with van der Waals surface area (Å²) in [6, 6.07) is -3.01. The van der Waals surface area contributed by atoms with E-state index >= 15 is 0 Å². The number of hydrogen-bond acceptors (Lipinski definition) is 31. The number of cyclic esters (lactones) is 8. The molecule has 0 spiro atoms. The molecule has 36 heteroatoms. The number of rotatable bonds is 20. The van der Waals surface area contributed by atoms with E-state index in [1.165, 1.54) is 6.92 Å². The number of aliphatic hydroxyl groups excluding tert-OH is 3. The van der Waals surface area contributed by atoms with E-state index in [9.17, 15) is 66.8 Å². The molecule has 79 heavy (non-hydrogen) atoms. The van der Waals surface area contributed by atoms with Crippen LogP contribution in [0.1, 0.15) is 61.2 Å². The van der Waals surface area contributed by atoms with Crippen LogP contribution < -0.4 is 32.7 Å². The zero-order valence-electron chi connectivity index (χ0n) is 44.4. The van der Waals surface area contributed by atoms with Crippen LogP contribution >= 0.6 is 0 Å². The van der Waals surface area contributed by atoms with Crippen LogP contribution in [0.4, 0.5) is 0 Å². The normalized spacial score (nSPS) is 22.8. The van der Waals surface area contributed by atoms with Gasteiger partial charge >= 0.3 is 361 Å². The molecule has 4 heterocycles. The fourth-order valence-corrected chi connectivity index (χ4v) is 5.42. The van der Waals surface area contributed by atoms with Gasteiger partial charge in [-0.3, -0.25) is 19.2 Å². The first-order valence-corrected chi connectivity index (χ1v) is 24.5. The Morgan fingerprint density at radius 2 is 0.949 bits per heavy atom. The summed E-state index contributed by atoms with van der Waals surface area (Å²) in [6.07, 6.45) is 0.380. The number of aliphatic hydroxyl groups is 3. The Kier molecular flexibility index (Phi) is 43.5. The minimum atomic E-state index is -1.07. The van der Waals surface area contributed by atoms with Gasteiger partial charge in [0.1, 0.15) is 13.2 Å². The van der Waals surface area contributed by atoms with Crippen LogP contribution in [0.5, 0.6) is 0 Å². The topological polar surface area (TPSA) is 494 Å². The third kappa shape index (κ3) is 39.1. The quantitative estimate of drug-likeness (QED) is 0.0234. The van der Waals surface area contributed by atoms with Gasteiger partial charge in [0.05, 0.1) is 30.7 Å². The van der Waals surface area contributed by atoms with Gasteiger partial charge in [0.2, 0.25) is 0 Å². The number of hydrogen-bond donors (Lipinski definition) is 10. The van der Waals surface area contributed by atoms with Crippen molar-refractivity contribution in [2.24, 2.45) is 35.1 Å². The number of aliphatic carboxylic acids is 1. The molecule has 0 bridgehead atoms. The molecule has 444 valence electrons. The minimum Gasteiger partial charge on any atom is 0 e. The molecule has 9 unspecified atom stereocenters. The van der Waals surface area contributed by atoms with Crippen molar-refractivity contribution in [3.8, 4) is 0 Å². The molecule has 4 aliphatic rings. The number of nitrogens with two attached hydrogens (primary N) is 2. The summed E-state index contributed by atoms with van der Waals surface area (Å²) in [4.78, 5) is 109. The summed E-state index contributed by atoms with van der Waals surface area (Å²) in [6.45, 7) is 6.13. The minimum absolute atomic E-state index is 0. The molecule has 0 aromatic carbocycles. The predicted molar refractivity (Wildman–Crippen MR) is 267 cm³/mol. The summed E-state index contributed by atoms with van der Waals surface area (Å²) in [5.41, 5.74) is 10.9. The third-order valence-corrected chi connectivity index (χ3v) is 10.1. The Hall–Kier alpha value is -6.00. The van der Waals surface area contributed by atoms with Crippen LogP contribution in [-0.4, -0.2) is 237 Å². The smallest absolute Gasteiger partial charge is 0 e. The Morgan fingerprint density at radius 3 is 1.35 bits per heavy atom. The first kappa shape index (κ1) is 75.1. The Balaban J connectivity index is -0.000000902. The summed E-state index contributed by atoms with van der Waals surface area (Å²) in [5, 5.41) is 45.1. The van der Waals surface area contributed by atoms with Crippen LogP contribution in [0.15, 0.2) is 0 Å². The molecule has 12 N–H and O–H groups in total. The van der Waals surface area contributed by atoms with Crippen LogP contribution in [0.25, 0.3) is 0 Å². The molecule has 32 nitrogen and oxygen atoms in total. The van der Waals surface area contributed by atoms with E-state index in [0.29, 0.717) is 28.6 Å². The van der Waals surface area contributed by atoms with Crippen LogP contribution in [0.3, 0.4) is 0 Å². The fourth-order valence-electron chi connectivity index (χ4n) is 5.42. The number of carboxylic acids is 1. The zero-order valence-corrected chi connectivity index (χ0v) is 44.4. The molecule has 0 aromatic heterocycles. The van der Waals surface area contributed by atoms with Gasteiger partial charge in [-0.25, -0.2) is 0 Å². The second kappa shape index (κ2) is 45.8. The van der Waals surface area contributed by atoms with Crippen molar-refractivity contribution in [1.29, 1.82) is 0 Å². The fraction of sp³-hybridized carbons (Fsp3) is 0.767. The van der Waals surface area contributed by atoms with E-state index in [0.717, 1.165) is 0 Å². The molecule has 4 rings (SSSR count). The molecule has 4 aliphatic heterocycles. The monoisotopic (exact) mass is 1130 g/mol. The van der Waals surface area contributed by atoms with Gasteiger partial charge in [-0.05, 0) is 0 Å². The SMILES string of the molecule is CC(CC(=O)OCC(CO)NCB=O)C(=O)O.CC1CC(=O)OC1=O.CC1CC(=O)OCC(N)COC1=O.CC1CC(=O)OCC(NCB=O)COC1=O.NC1CC(=O)OCC(NCB=O)COC1=O.O=BCNC(CO)CO.[HH]. The molecule has 0 amide bonds. The molecule has 9 atom stereocenters. The van der Waals surface area contributed by atoms with E-state index in [4.69, 9.17) is 65.1 Å². The molecule has 0 saturated carbocycles. The summed E-state index contributed by atoms with van der Waals surface area (Å²) >= 11 is 0. The molecule has 0 aromatic rings. The van der Waals surface area contributed by atoms with E-state index in [1.807, 2.05) is 0 Å². The van der Waals surface area contributed by atoms with Crippen LogP contribution in [-0.2, 0) is 105 Å². The van der Waals surface area contributed by atoms with Crippen molar-refractivity contribution in [1.82, 2.24) is 21.3 Å². The zero-order chi connectivity index (χ0) is 60.3. The van der Waals surface area contributed by atoms with Gasteiger partial charge in [-0.15, -0.1) is 0 Å². The van der Waals surface area contributed by atoms with E-state index < -0.39 is 95.6 Å². The van der Waals surface area contributed by atoms with Gasteiger partial charge in [-0.2, -0.15) is 0 Å². The average molecular weight is 1130 g/mol. The van der Waals surface area contributed by atoms with Gasteiger partial charge < -0.3 is 19.9 Å². The molecule has 4 fully saturated rings. The first-order chi connectivity index (χ1) is 37.4.